The van der Waals surface area contributed by atoms with Gasteiger partial charge in [0.1, 0.15) is 18.6 Å². The molecule has 2 aromatic carbocycles. The maximum absolute atomic E-state index is 13.7. The number of hydrogen-bond acceptors (Lipinski definition) is 6. The van der Waals surface area contributed by atoms with Crippen LogP contribution in [-0.4, -0.2) is 69.8 Å². The fourth-order valence-corrected chi connectivity index (χ4v) is 4.24. The Bertz CT molecular complexity index is 1210. The van der Waals surface area contributed by atoms with Gasteiger partial charge in [0.15, 0.2) is 0 Å². The van der Waals surface area contributed by atoms with Crippen molar-refractivity contribution in [2.45, 2.75) is 39.3 Å². The predicted octanol–water partition coefficient (Wildman–Crippen LogP) is 2.69. The number of carboxylic acid groups (broad SMARTS) is 1. The summed E-state index contributed by atoms with van der Waals surface area (Å²) in [6.45, 7) is 4.84. The molecule has 2 aromatic rings. The van der Waals surface area contributed by atoms with Crippen LogP contribution in [0.4, 0.5) is 4.79 Å². The van der Waals surface area contributed by atoms with Crippen LogP contribution < -0.4 is 5.32 Å². The van der Waals surface area contributed by atoms with Gasteiger partial charge in [0.25, 0.3) is 11.7 Å². The summed E-state index contributed by atoms with van der Waals surface area (Å²) in [6, 6.07) is 15.2. The largest absolute Gasteiger partial charge is 0.475 e. The Balaban J connectivity index is 1.94. The summed E-state index contributed by atoms with van der Waals surface area (Å²) in [5, 5.41) is 11.8. The van der Waals surface area contributed by atoms with E-state index in [1.165, 1.54) is 16.0 Å². The Hall–Kier alpha value is -4.47. The van der Waals surface area contributed by atoms with Gasteiger partial charge in [0.05, 0.1) is 12.3 Å². The first-order valence-electron chi connectivity index (χ1n) is 12.3. The number of carbonyl (C=O) groups excluding carboxylic acids is 4. The van der Waals surface area contributed by atoms with Crippen LogP contribution in [0.25, 0.3) is 5.70 Å². The molecule has 38 heavy (non-hydrogen) atoms. The van der Waals surface area contributed by atoms with Crippen LogP contribution in [-0.2, 0) is 30.3 Å². The molecule has 0 fully saturated rings. The fourth-order valence-electron chi connectivity index (χ4n) is 4.24. The Labute approximate surface area is 220 Å². The molecule has 0 bridgehead atoms. The Morgan fingerprint density at radius 1 is 1.00 bits per heavy atom. The normalized spacial score (nSPS) is 16.1. The SMILES string of the molecule is CCOC(=O)N1C=C(c2ccccc2)N(CC(=O)N[C@@H](Cc2ccccc2)C(=O)C(=O)O)C(=O)C1C(C)C. The first-order valence-corrected chi connectivity index (χ1v) is 12.3. The van der Waals surface area contributed by atoms with Crippen LogP contribution >= 0.6 is 0 Å². The lowest BCUT2D eigenvalue weighted by Gasteiger charge is -2.40. The van der Waals surface area contributed by atoms with Crippen LogP contribution in [0.1, 0.15) is 31.9 Å². The van der Waals surface area contributed by atoms with Crippen molar-refractivity contribution in [2.24, 2.45) is 5.92 Å². The molecule has 10 heteroatoms. The van der Waals surface area contributed by atoms with Crippen molar-refractivity contribution in [3.63, 3.8) is 0 Å². The number of ketones is 1. The Kier molecular flexibility index (Phi) is 9.37. The molecule has 0 saturated heterocycles. The fraction of sp³-hybridized carbons (Fsp3) is 0.321. The Morgan fingerprint density at radius 2 is 1.61 bits per heavy atom. The zero-order chi connectivity index (χ0) is 27.8. The van der Waals surface area contributed by atoms with Gasteiger partial charge in [-0.15, -0.1) is 0 Å². The molecular weight excluding hydrogens is 490 g/mol. The van der Waals surface area contributed by atoms with Gasteiger partial charge in [-0.05, 0) is 24.0 Å². The van der Waals surface area contributed by atoms with Gasteiger partial charge in [-0.1, -0.05) is 74.5 Å². The van der Waals surface area contributed by atoms with Crippen LogP contribution in [0, 0.1) is 5.92 Å². The lowest BCUT2D eigenvalue weighted by atomic mass is 9.97. The monoisotopic (exact) mass is 521 g/mol. The molecular formula is C28H31N3O7. The zero-order valence-corrected chi connectivity index (χ0v) is 21.5. The number of benzene rings is 2. The van der Waals surface area contributed by atoms with Gasteiger partial charge in [0, 0.05) is 12.6 Å². The molecule has 1 aliphatic rings. The number of Topliss-reactive ketones (excluding diaryl/α,β-unsaturated/α-hetero) is 1. The van der Waals surface area contributed by atoms with Crippen molar-refractivity contribution in [1.82, 2.24) is 15.1 Å². The Morgan fingerprint density at radius 3 is 2.16 bits per heavy atom. The van der Waals surface area contributed by atoms with Crippen LogP contribution in [0.15, 0.2) is 66.9 Å². The van der Waals surface area contributed by atoms with Crippen molar-refractivity contribution in [3.05, 3.63) is 78.0 Å². The number of rotatable bonds is 10. The van der Waals surface area contributed by atoms with Crippen LogP contribution in [0.5, 0.6) is 0 Å². The molecule has 0 spiro atoms. The van der Waals surface area contributed by atoms with Crippen molar-refractivity contribution in [2.75, 3.05) is 13.2 Å². The molecule has 1 heterocycles. The van der Waals surface area contributed by atoms with Crippen LogP contribution in [0.3, 0.4) is 0 Å². The van der Waals surface area contributed by atoms with E-state index in [0.717, 1.165) is 0 Å². The quantitative estimate of drug-likeness (QED) is 0.459. The number of amides is 3. The third-order valence-corrected chi connectivity index (χ3v) is 6.00. The third kappa shape index (κ3) is 6.64. The van der Waals surface area contributed by atoms with Crippen molar-refractivity contribution in [3.8, 4) is 0 Å². The molecule has 1 unspecified atom stereocenters. The van der Waals surface area contributed by atoms with E-state index >= 15 is 0 Å². The van der Waals surface area contributed by atoms with E-state index in [0.29, 0.717) is 16.8 Å². The molecule has 0 radical (unpaired) electrons. The molecule has 1 aliphatic heterocycles. The first-order chi connectivity index (χ1) is 18.1. The third-order valence-electron chi connectivity index (χ3n) is 6.00. The van der Waals surface area contributed by atoms with E-state index in [9.17, 15) is 29.1 Å². The second kappa shape index (κ2) is 12.7. The van der Waals surface area contributed by atoms with Gasteiger partial charge in [-0.3, -0.25) is 24.2 Å². The minimum atomic E-state index is -1.67. The van der Waals surface area contributed by atoms with Gasteiger partial charge in [-0.2, -0.15) is 0 Å². The number of carbonyl (C=O) groups is 5. The van der Waals surface area contributed by atoms with Crippen molar-refractivity contribution < 1.29 is 33.8 Å². The van der Waals surface area contributed by atoms with Crippen LogP contribution in [0.2, 0.25) is 0 Å². The maximum atomic E-state index is 13.7. The number of carboxylic acids is 1. The second-order valence-electron chi connectivity index (χ2n) is 9.08. The average Bonchev–Trinajstić information content (AvgIpc) is 2.89. The summed E-state index contributed by atoms with van der Waals surface area (Å²) in [5.41, 5.74) is 1.53. The molecule has 0 aliphatic carbocycles. The highest BCUT2D eigenvalue weighted by atomic mass is 16.6. The lowest BCUT2D eigenvalue weighted by Crippen LogP contribution is -2.57. The highest BCUT2D eigenvalue weighted by Crippen LogP contribution is 2.30. The van der Waals surface area contributed by atoms with Gasteiger partial charge >= 0.3 is 12.1 Å². The number of aliphatic carboxylic acids is 1. The standard InChI is InChI=1S/C28H31N3O7/c1-4-38-28(37)31-16-22(20-13-9-6-10-14-20)30(26(34)24(31)18(2)3)17-23(32)29-21(25(33)27(35)36)15-19-11-7-5-8-12-19/h5-14,16,18,21,24H,4,15,17H2,1-3H3,(H,29,32)(H,35,36)/t21-,24?/m0/s1. The molecule has 0 saturated carbocycles. The van der Waals surface area contributed by atoms with E-state index in [2.05, 4.69) is 5.32 Å². The summed E-state index contributed by atoms with van der Waals surface area (Å²) in [5.74, 6) is -4.38. The molecule has 10 nitrogen and oxygen atoms in total. The molecule has 200 valence electrons. The lowest BCUT2D eigenvalue weighted by molar-refractivity contribution is -0.150. The topological polar surface area (TPSA) is 133 Å². The smallest absolute Gasteiger partial charge is 0.414 e. The number of nitrogens with one attached hydrogen (secondary N) is 1. The average molecular weight is 522 g/mol. The molecule has 3 rings (SSSR count). The second-order valence-corrected chi connectivity index (χ2v) is 9.08. The van der Waals surface area contributed by atoms with Crippen molar-refractivity contribution in [1.29, 1.82) is 0 Å². The molecule has 3 amide bonds. The molecule has 2 atom stereocenters. The van der Waals surface area contributed by atoms with Gasteiger partial charge in [-0.25, -0.2) is 9.59 Å². The van der Waals surface area contributed by atoms with E-state index in [-0.39, 0.29) is 18.9 Å². The first kappa shape index (κ1) is 28.1. The van der Waals surface area contributed by atoms with E-state index < -0.39 is 48.3 Å². The summed E-state index contributed by atoms with van der Waals surface area (Å²) in [7, 11) is 0. The number of ether oxygens (including phenoxy) is 1. The molecule has 2 N–H and O–H groups in total. The number of hydrogen-bond donors (Lipinski definition) is 2. The maximum Gasteiger partial charge on any atom is 0.414 e. The predicted molar refractivity (Wildman–Crippen MR) is 138 cm³/mol. The van der Waals surface area contributed by atoms with E-state index in [4.69, 9.17) is 4.74 Å². The zero-order valence-electron chi connectivity index (χ0n) is 21.5. The van der Waals surface area contributed by atoms with Gasteiger partial charge < -0.3 is 15.2 Å². The summed E-state index contributed by atoms with van der Waals surface area (Å²) in [6.07, 6.45) is 0.765. The van der Waals surface area contributed by atoms with E-state index in [1.54, 1.807) is 81.4 Å². The van der Waals surface area contributed by atoms with E-state index in [1.807, 2.05) is 0 Å². The summed E-state index contributed by atoms with van der Waals surface area (Å²) >= 11 is 0. The minimum absolute atomic E-state index is 0.0295. The molecule has 0 aromatic heterocycles. The summed E-state index contributed by atoms with van der Waals surface area (Å²) < 4.78 is 5.17. The highest BCUT2D eigenvalue weighted by Gasteiger charge is 2.42. The summed E-state index contributed by atoms with van der Waals surface area (Å²) in [4.78, 5) is 65.9. The highest BCUT2D eigenvalue weighted by molar-refractivity contribution is 6.35. The number of nitrogens with zero attached hydrogens (tertiary/aromatic N) is 2. The minimum Gasteiger partial charge on any atom is -0.475 e. The van der Waals surface area contributed by atoms with Crippen molar-refractivity contribution >= 4 is 35.4 Å². The van der Waals surface area contributed by atoms with Gasteiger partial charge in [0.2, 0.25) is 5.91 Å².